The second-order valence-electron chi connectivity index (χ2n) is 11.0. The molecule has 1 aromatic rings. The topological polar surface area (TPSA) is 106 Å². The first-order valence-corrected chi connectivity index (χ1v) is 13.4. The predicted molar refractivity (Wildman–Crippen MR) is 140 cm³/mol. The number of nitrogens with one attached hydrogen (secondary N) is 1. The zero-order valence-corrected chi connectivity index (χ0v) is 22.7. The van der Waals surface area contributed by atoms with Crippen molar-refractivity contribution < 1.29 is 19.1 Å². The number of nitrogens with zero attached hydrogens (tertiary/aromatic N) is 2. The van der Waals surface area contributed by atoms with Gasteiger partial charge in [-0.2, -0.15) is 0 Å². The quantitative estimate of drug-likeness (QED) is 0.509. The van der Waals surface area contributed by atoms with E-state index in [1.165, 1.54) is 0 Å². The third-order valence-electron chi connectivity index (χ3n) is 8.05. The van der Waals surface area contributed by atoms with E-state index in [1.54, 1.807) is 18.1 Å². The van der Waals surface area contributed by atoms with E-state index >= 15 is 0 Å². The van der Waals surface area contributed by atoms with Gasteiger partial charge in [-0.1, -0.05) is 37.6 Å². The van der Waals surface area contributed by atoms with Gasteiger partial charge in [-0.15, -0.1) is 0 Å². The monoisotopic (exact) mass is 518 g/mol. The van der Waals surface area contributed by atoms with Crippen LogP contribution in [-0.2, 0) is 14.3 Å². The summed E-state index contributed by atoms with van der Waals surface area (Å²) in [5.74, 6) is 0.645. The molecule has 4 rings (SSSR count). The summed E-state index contributed by atoms with van der Waals surface area (Å²) in [6, 6.07) is 5.19. The number of para-hydroxylation sites is 1. The molecular formula is C27H39ClN4O4. The molecule has 1 aromatic carbocycles. The average molecular weight is 519 g/mol. The molecule has 2 aliphatic heterocycles. The van der Waals surface area contributed by atoms with Crippen LogP contribution in [0.15, 0.2) is 23.2 Å². The molecule has 3 N–H and O–H groups in total. The van der Waals surface area contributed by atoms with Crippen molar-refractivity contribution >= 4 is 29.4 Å². The zero-order chi connectivity index (χ0) is 26.3. The molecule has 0 saturated heterocycles. The average Bonchev–Trinajstić information content (AvgIpc) is 3.61. The fourth-order valence-electron chi connectivity index (χ4n) is 5.79. The summed E-state index contributed by atoms with van der Waals surface area (Å²) in [7, 11) is 1.64. The number of carbonyl (C=O) groups is 2. The second-order valence-corrected chi connectivity index (χ2v) is 11.4. The van der Waals surface area contributed by atoms with Crippen LogP contribution in [0.3, 0.4) is 0 Å². The number of guanidine groups is 1. The third kappa shape index (κ3) is 5.21. The van der Waals surface area contributed by atoms with Gasteiger partial charge in [0.1, 0.15) is 11.4 Å². The summed E-state index contributed by atoms with van der Waals surface area (Å²) >= 11 is 6.40. The maximum absolute atomic E-state index is 13.4. The molecule has 9 heteroatoms. The number of hydrogen-bond donors (Lipinski definition) is 2. The molecule has 1 aliphatic carbocycles. The lowest BCUT2D eigenvalue weighted by atomic mass is 9.87. The van der Waals surface area contributed by atoms with Crippen molar-refractivity contribution in [3.63, 3.8) is 0 Å². The normalized spacial score (nSPS) is 26.9. The van der Waals surface area contributed by atoms with Crippen molar-refractivity contribution in [3.8, 4) is 5.75 Å². The Morgan fingerprint density at radius 1 is 1.36 bits per heavy atom. The minimum Gasteiger partial charge on any atom is -0.486 e. The summed E-state index contributed by atoms with van der Waals surface area (Å²) in [6.45, 7) is 8.54. The first kappa shape index (κ1) is 26.7. The van der Waals surface area contributed by atoms with Crippen LogP contribution in [0.4, 0.5) is 0 Å². The largest absolute Gasteiger partial charge is 0.486 e. The second kappa shape index (κ2) is 10.2. The molecule has 2 unspecified atom stereocenters. The number of fused-ring (bicyclic) bond motifs is 1. The van der Waals surface area contributed by atoms with E-state index in [1.807, 2.05) is 39.8 Å². The van der Waals surface area contributed by atoms with Gasteiger partial charge in [0.15, 0.2) is 5.96 Å². The van der Waals surface area contributed by atoms with E-state index in [4.69, 9.17) is 31.8 Å². The van der Waals surface area contributed by atoms with E-state index in [0.717, 1.165) is 18.4 Å². The lowest BCUT2D eigenvalue weighted by Gasteiger charge is -2.40. The molecule has 1 saturated carbocycles. The molecule has 0 aromatic heterocycles. The van der Waals surface area contributed by atoms with Gasteiger partial charge >= 0.3 is 0 Å². The number of halogens is 1. The van der Waals surface area contributed by atoms with E-state index in [9.17, 15) is 9.59 Å². The van der Waals surface area contributed by atoms with Crippen LogP contribution in [0.1, 0.15) is 77.8 Å². The number of hydrogen-bond acceptors (Lipinski definition) is 6. The van der Waals surface area contributed by atoms with Gasteiger partial charge in [0, 0.05) is 37.7 Å². The van der Waals surface area contributed by atoms with Crippen LogP contribution in [0.5, 0.6) is 5.75 Å². The lowest BCUT2D eigenvalue weighted by molar-refractivity contribution is -0.133. The molecule has 0 radical (unpaired) electrons. The van der Waals surface area contributed by atoms with E-state index in [0.29, 0.717) is 43.1 Å². The van der Waals surface area contributed by atoms with Crippen LogP contribution in [0, 0.1) is 11.8 Å². The van der Waals surface area contributed by atoms with E-state index < -0.39 is 11.1 Å². The van der Waals surface area contributed by atoms with Crippen molar-refractivity contribution in [2.45, 2.75) is 89.4 Å². The van der Waals surface area contributed by atoms with Gasteiger partial charge in [0.05, 0.1) is 23.0 Å². The molecule has 2 heterocycles. The highest BCUT2D eigenvalue weighted by atomic mass is 35.5. The molecule has 4 atom stereocenters. The van der Waals surface area contributed by atoms with Gasteiger partial charge in [0.25, 0.3) is 0 Å². The Morgan fingerprint density at radius 3 is 2.72 bits per heavy atom. The molecule has 3 aliphatic rings. The minimum atomic E-state index is -0.462. The number of benzene rings is 1. The van der Waals surface area contributed by atoms with Gasteiger partial charge in [-0.25, -0.2) is 4.99 Å². The summed E-state index contributed by atoms with van der Waals surface area (Å²) in [6.07, 6.45) is 3.78. The molecule has 8 nitrogen and oxygen atoms in total. The Balaban J connectivity index is 1.52. The van der Waals surface area contributed by atoms with Crippen LogP contribution in [0.25, 0.3) is 0 Å². The SMILES string of the molecule is CCC1(CC)CC(=O)N(C(CCOC)[C@@H]2C[C@H]2C(=O)NC2CC(C)(C)Oc3c(Cl)cccc32)C(N)=N1. The Bertz CT molecular complexity index is 1040. The number of rotatable bonds is 9. The Kier molecular flexibility index (Phi) is 7.58. The highest BCUT2D eigenvalue weighted by Crippen LogP contribution is 2.48. The van der Waals surface area contributed by atoms with Crippen molar-refractivity contribution in [3.05, 3.63) is 28.8 Å². The Morgan fingerprint density at radius 2 is 2.08 bits per heavy atom. The fraction of sp³-hybridized carbons (Fsp3) is 0.667. The maximum atomic E-state index is 13.4. The zero-order valence-electron chi connectivity index (χ0n) is 22.0. The minimum absolute atomic E-state index is 0.000264. The molecule has 1 fully saturated rings. The Hall–Kier alpha value is -2.32. The van der Waals surface area contributed by atoms with Crippen molar-refractivity contribution in [1.29, 1.82) is 0 Å². The molecule has 2 amide bonds. The summed E-state index contributed by atoms with van der Waals surface area (Å²) < 4.78 is 11.5. The van der Waals surface area contributed by atoms with Crippen molar-refractivity contribution in [2.75, 3.05) is 13.7 Å². The number of methoxy groups -OCH3 is 1. The predicted octanol–water partition coefficient (Wildman–Crippen LogP) is 4.21. The number of carbonyl (C=O) groups excluding carboxylic acids is 2. The molecule has 0 bridgehead atoms. The van der Waals surface area contributed by atoms with E-state index in [2.05, 4.69) is 5.32 Å². The smallest absolute Gasteiger partial charge is 0.231 e. The molecule has 36 heavy (non-hydrogen) atoms. The maximum Gasteiger partial charge on any atom is 0.231 e. The van der Waals surface area contributed by atoms with Gasteiger partial charge in [0.2, 0.25) is 11.8 Å². The van der Waals surface area contributed by atoms with Crippen LogP contribution in [-0.4, -0.2) is 53.6 Å². The lowest BCUT2D eigenvalue weighted by Crippen LogP contribution is -2.56. The van der Waals surface area contributed by atoms with Crippen molar-refractivity contribution in [1.82, 2.24) is 10.2 Å². The third-order valence-corrected chi connectivity index (χ3v) is 8.34. The first-order chi connectivity index (χ1) is 17.0. The van der Waals surface area contributed by atoms with Gasteiger partial charge in [-0.3, -0.25) is 14.5 Å². The number of ether oxygens (including phenoxy) is 2. The highest BCUT2D eigenvalue weighted by molar-refractivity contribution is 6.32. The first-order valence-electron chi connectivity index (χ1n) is 13.0. The standard InChI is InChI=1S/C27H39ClN4O4/c1-6-27(7-2)15-22(33)32(25(29)31-27)21(11-12-35-5)17-13-18(17)24(34)30-20-14-26(3,4)36-23-16(20)9-8-10-19(23)28/h8-10,17-18,20-21H,6-7,11-15H2,1-5H3,(H2,29,31)(H,30,34)/t17-,18-,20?,21?/m1/s1. The summed E-state index contributed by atoms with van der Waals surface area (Å²) in [5.41, 5.74) is 6.38. The molecular weight excluding hydrogens is 480 g/mol. The molecule has 0 spiro atoms. The number of amides is 2. The molecule has 198 valence electrons. The highest BCUT2D eigenvalue weighted by Gasteiger charge is 2.53. The van der Waals surface area contributed by atoms with Gasteiger partial charge in [-0.05, 0) is 51.5 Å². The summed E-state index contributed by atoms with van der Waals surface area (Å²) in [4.78, 5) is 33.1. The number of aliphatic imine (C=N–C) groups is 1. The van der Waals surface area contributed by atoms with Crippen molar-refractivity contribution in [2.24, 2.45) is 22.6 Å². The summed E-state index contributed by atoms with van der Waals surface area (Å²) in [5, 5.41) is 3.78. The van der Waals surface area contributed by atoms with Gasteiger partial charge < -0.3 is 20.5 Å². The number of nitrogens with two attached hydrogens (primary N) is 1. The van der Waals surface area contributed by atoms with Crippen LogP contribution in [0.2, 0.25) is 5.02 Å². The van der Waals surface area contributed by atoms with E-state index in [-0.39, 0.29) is 41.7 Å². The Labute approximate surface area is 218 Å². The fourth-order valence-corrected chi connectivity index (χ4v) is 6.01. The van der Waals surface area contributed by atoms with Crippen LogP contribution >= 0.6 is 11.6 Å². The van der Waals surface area contributed by atoms with Crippen LogP contribution < -0.4 is 15.8 Å².